The third-order valence-corrected chi connectivity index (χ3v) is 3.14. The van der Waals surface area contributed by atoms with Gasteiger partial charge in [-0.2, -0.15) is 15.4 Å². The summed E-state index contributed by atoms with van der Waals surface area (Å²) < 4.78 is 0. The highest BCUT2D eigenvalue weighted by Crippen LogP contribution is 2.16. The highest BCUT2D eigenvalue weighted by molar-refractivity contribution is 5.83. The molecular formula is C11H17N5O2. The van der Waals surface area contributed by atoms with Gasteiger partial charge in [0.05, 0.1) is 17.8 Å². The van der Waals surface area contributed by atoms with Crippen LogP contribution >= 0.6 is 0 Å². The zero-order chi connectivity index (χ0) is 13.0. The topological polar surface area (TPSA) is 91.0 Å². The first-order chi connectivity index (χ1) is 8.66. The summed E-state index contributed by atoms with van der Waals surface area (Å²) in [4.78, 5) is 24.8. The standard InChI is InChI=1S/C11H17N5O2/c1-16-7-8(2-3-10(16)17)11(18)12-5-4-9-6-13-15-14-9/h6,8H,2-5,7H2,1H3,(H,12,18)(H,13,14,15). The van der Waals surface area contributed by atoms with Crippen molar-refractivity contribution in [1.29, 1.82) is 0 Å². The van der Waals surface area contributed by atoms with Gasteiger partial charge in [0.2, 0.25) is 11.8 Å². The number of H-pyrrole nitrogens is 1. The van der Waals surface area contributed by atoms with Gasteiger partial charge in [0, 0.05) is 33.0 Å². The van der Waals surface area contributed by atoms with Gasteiger partial charge in [-0.1, -0.05) is 0 Å². The highest BCUT2D eigenvalue weighted by atomic mass is 16.2. The molecule has 2 heterocycles. The molecular weight excluding hydrogens is 234 g/mol. The normalized spacial score (nSPS) is 19.9. The van der Waals surface area contributed by atoms with Crippen LogP contribution in [0.5, 0.6) is 0 Å². The molecule has 1 unspecified atom stereocenters. The van der Waals surface area contributed by atoms with Crippen LogP contribution in [0.3, 0.4) is 0 Å². The fourth-order valence-electron chi connectivity index (χ4n) is 2.03. The monoisotopic (exact) mass is 251 g/mol. The van der Waals surface area contributed by atoms with Crippen molar-refractivity contribution in [3.63, 3.8) is 0 Å². The minimum Gasteiger partial charge on any atom is -0.355 e. The lowest BCUT2D eigenvalue weighted by molar-refractivity contribution is -0.136. The van der Waals surface area contributed by atoms with E-state index in [1.165, 1.54) is 0 Å². The molecule has 18 heavy (non-hydrogen) atoms. The number of likely N-dealkylation sites (tertiary alicyclic amines) is 1. The van der Waals surface area contributed by atoms with Crippen LogP contribution in [-0.4, -0.2) is 52.3 Å². The molecule has 7 nitrogen and oxygen atoms in total. The first kappa shape index (κ1) is 12.5. The summed E-state index contributed by atoms with van der Waals surface area (Å²) in [6.45, 7) is 1.05. The number of hydrogen-bond donors (Lipinski definition) is 2. The molecule has 2 rings (SSSR count). The van der Waals surface area contributed by atoms with Crippen molar-refractivity contribution in [2.24, 2.45) is 5.92 Å². The van der Waals surface area contributed by atoms with E-state index >= 15 is 0 Å². The summed E-state index contributed by atoms with van der Waals surface area (Å²) in [6.07, 6.45) is 3.39. The van der Waals surface area contributed by atoms with Gasteiger partial charge >= 0.3 is 0 Å². The van der Waals surface area contributed by atoms with E-state index in [1.807, 2.05) is 0 Å². The van der Waals surface area contributed by atoms with E-state index in [0.717, 1.165) is 5.69 Å². The first-order valence-corrected chi connectivity index (χ1v) is 6.03. The number of rotatable bonds is 4. The van der Waals surface area contributed by atoms with Crippen LogP contribution in [0, 0.1) is 5.92 Å². The molecule has 1 aliphatic rings. The molecule has 1 aromatic rings. The van der Waals surface area contributed by atoms with E-state index in [9.17, 15) is 9.59 Å². The van der Waals surface area contributed by atoms with Crippen LogP contribution in [0.15, 0.2) is 6.20 Å². The Morgan fingerprint density at radius 2 is 2.50 bits per heavy atom. The molecule has 1 atom stereocenters. The van der Waals surface area contributed by atoms with Gasteiger partial charge < -0.3 is 10.2 Å². The molecule has 98 valence electrons. The van der Waals surface area contributed by atoms with Crippen LogP contribution in [0.2, 0.25) is 0 Å². The lowest BCUT2D eigenvalue weighted by atomic mass is 9.97. The summed E-state index contributed by atoms with van der Waals surface area (Å²) >= 11 is 0. The predicted octanol–water partition coefficient (Wildman–Crippen LogP) is -0.668. The number of aromatic nitrogens is 3. The fourth-order valence-corrected chi connectivity index (χ4v) is 2.03. The van der Waals surface area contributed by atoms with Crippen molar-refractivity contribution in [3.05, 3.63) is 11.9 Å². The fraction of sp³-hybridized carbons (Fsp3) is 0.636. The molecule has 0 radical (unpaired) electrons. The van der Waals surface area contributed by atoms with E-state index in [-0.39, 0.29) is 17.7 Å². The maximum Gasteiger partial charge on any atom is 0.224 e. The molecule has 1 aliphatic heterocycles. The van der Waals surface area contributed by atoms with Crippen molar-refractivity contribution in [1.82, 2.24) is 25.6 Å². The Balaban J connectivity index is 1.73. The third-order valence-electron chi connectivity index (χ3n) is 3.14. The Kier molecular flexibility index (Phi) is 3.91. The van der Waals surface area contributed by atoms with Crippen LogP contribution < -0.4 is 5.32 Å². The molecule has 1 saturated heterocycles. The Morgan fingerprint density at radius 1 is 1.67 bits per heavy atom. The molecule has 7 heteroatoms. The van der Waals surface area contributed by atoms with E-state index < -0.39 is 0 Å². The summed E-state index contributed by atoms with van der Waals surface area (Å²) in [6, 6.07) is 0. The summed E-state index contributed by atoms with van der Waals surface area (Å²) in [5.74, 6) is 0.0319. The lowest BCUT2D eigenvalue weighted by Crippen LogP contribution is -2.44. The summed E-state index contributed by atoms with van der Waals surface area (Å²) in [5.41, 5.74) is 0.825. The maximum atomic E-state index is 11.9. The molecule has 0 aromatic carbocycles. The summed E-state index contributed by atoms with van der Waals surface area (Å²) in [5, 5.41) is 13.0. The van der Waals surface area contributed by atoms with Crippen LogP contribution in [-0.2, 0) is 16.0 Å². The van der Waals surface area contributed by atoms with E-state index in [2.05, 4.69) is 20.7 Å². The number of nitrogens with one attached hydrogen (secondary N) is 2. The first-order valence-electron chi connectivity index (χ1n) is 6.03. The molecule has 0 saturated carbocycles. The van der Waals surface area contributed by atoms with Crippen molar-refractivity contribution in [2.75, 3.05) is 20.1 Å². The van der Waals surface area contributed by atoms with E-state index in [4.69, 9.17) is 0 Å². The SMILES string of the molecule is CN1CC(C(=O)NCCc2cn[nH]n2)CCC1=O. The van der Waals surface area contributed by atoms with Gasteiger partial charge in [-0.3, -0.25) is 9.59 Å². The highest BCUT2D eigenvalue weighted by Gasteiger charge is 2.27. The quantitative estimate of drug-likeness (QED) is 0.742. The predicted molar refractivity (Wildman–Crippen MR) is 63.5 cm³/mol. The molecule has 1 fully saturated rings. The van der Waals surface area contributed by atoms with E-state index in [1.54, 1.807) is 18.1 Å². The van der Waals surface area contributed by atoms with Crippen LogP contribution in [0.1, 0.15) is 18.5 Å². The molecule has 0 bridgehead atoms. The van der Waals surface area contributed by atoms with Crippen LogP contribution in [0.4, 0.5) is 0 Å². The average molecular weight is 251 g/mol. The zero-order valence-electron chi connectivity index (χ0n) is 10.3. The van der Waals surface area contributed by atoms with E-state index in [0.29, 0.717) is 32.4 Å². The largest absolute Gasteiger partial charge is 0.355 e. The number of aromatic amines is 1. The van der Waals surface area contributed by atoms with Crippen molar-refractivity contribution < 1.29 is 9.59 Å². The number of carbonyl (C=O) groups is 2. The Bertz CT molecular complexity index is 417. The molecule has 1 aromatic heterocycles. The number of carbonyl (C=O) groups excluding carboxylic acids is 2. The van der Waals surface area contributed by atoms with Crippen molar-refractivity contribution >= 4 is 11.8 Å². The molecule has 2 N–H and O–H groups in total. The zero-order valence-corrected chi connectivity index (χ0v) is 10.3. The Morgan fingerprint density at radius 3 is 3.17 bits per heavy atom. The summed E-state index contributed by atoms with van der Waals surface area (Å²) in [7, 11) is 1.73. The number of amides is 2. The minimum absolute atomic E-state index is 0.0119. The Hall–Kier alpha value is -1.92. The van der Waals surface area contributed by atoms with Gasteiger partial charge in [0.15, 0.2) is 0 Å². The average Bonchev–Trinajstić information content (AvgIpc) is 2.85. The number of nitrogens with zero attached hydrogens (tertiary/aromatic N) is 3. The second-order valence-corrected chi connectivity index (χ2v) is 4.51. The molecule has 0 spiro atoms. The smallest absolute Gasteiger partial charge is 0.224 e. The molecule has 2 amide bonds. The Labute approximate surface area is 105 Å². The second-order valence-electron chi connectivity index (χ2n) is 4.51. The molecule has 0 aliphatic carbocycles. The van der Waals surface area contributed by atoms with Gasteiger partial charge in [0.25, 0.3) is 0 Å². The van der Waals surface area contributed by atoms with Gasteiger partial charge in [-0.05, 0) is 6.42 Å². The van der Waals surface area contributed by atoms with Gasteiger partial charge in [-0.15, -0.1) is 0 Å². The van der Waals surface area contributed by atoms with Crippen molar-refractivity contribution in [2.45, 2.75) is 19.3 Å². The van der Waals surface area contributed by atoms with Gasteiger partial charge in [-0.25, -0.2) is 0 Å². The van der Waals surface area contributed by atoms with Gasteiger partial charge in [0.1, 0.15) is 0 Å². The number of piperidine rings is 1. The third kappa shape index (κ3) is 3.06. The minimum atomic E-state index is -0.0926. The number of hydrogen-bond acceptors (Lipinski definition) is 4. The lowest BCUT2D eigenvalue weighted by Gasteiger charge is -2.28. The maximum absolute atomic E-state index is 11.9. The van der Waals surface area contributed by atoms with Crippen molar-refractivity contribution in [3.8, 4) is 0 Å². The van der Waals surface area contributed by atoms with Crippen LogP contribution in [0.25, 0.3) is 0 Å². The second kappa shape index (κ2) is 5.61.